The molecular formula is C20H23NOSi. The third-order valence-corrected chi connectivity index (χ3v) is 6.18. The maximum absolute atomic E-state index is 5.37. The van der Waals surface area contributed by atoms with Gasteiger partial charge in [-0.3, -0.25) is 0 Å². The van der Waals surface area contributed by atoms with Crippen LogP contribution in [0, 0.1) is 6.92 Å². The molecule has 0 amide bonds. The monoisotopic (exact) mass is 321 g/mol. The third-order valence-electron chi connectivity index (χ3n) is 4.14. The molecule has 0 aliphatic heterocycles. The lowest BCUT2D eigenvalue weighted by atomic mass is 10.1. The van der Waals surface area contributed by atoms with Crippen molar-refractivity contribution in [1.29, 1.82) is 0 Å². The highest BCUT2D eigenvalue weighted by molar-refractivity contribution is 6.88. The molecule has 118 valence electrons. The van der Waals surface area contributed by atoms with Gasteiger partial charge in [-0.05, 0) is 42.8 Å². The highest BCUT2D eigenvalue weighted by Crippen LogP contribution is 2.26. The second-order valence-electron chi connectivity index (χ2n) is 7.09. The second kappa shape index (κ2) is 5.82. The summed E-state index contributed by atoms with van der Waals surface area (Å²) in [7, 11) is 0.406. The van der Waals surface area contributed by atoms with Gasteiger partial charge in [0.1, 0.15) is 5.75 Å². The van der Waals surface area contributed by atoms with Crippen LogP contribution in [0.5, 0.6) is 5.75 Å². The SMILES string of the molecule is COc1cc(C)cc(-c2ccc3cc([Si](C)(C)C)ccc3n2)c1. The van der Waals surface area contributed by atoms with E-state index < -0.39 is 8.07 Å². The molecule has 0 saturated carbocycles. The van der Waals surface area contributed by atoms with Crippen molar-refractivity contribution in [3.63, 3.8) is 0 Å². The van der Waals surface area contributed by atoms with E-state index in [1.165, 1.54) is 16.1 Å². The number of rotatable bonds is 3. The van der Waals surface area contributed by atoms with Crippen LogP contribution in [-0.2, 0) is 0 Å². The molecule has 0 saturated heterocycles. The highest BCUT2D eigenvalue weighted by Gasteiger charge is 2.16. The molecule has 2 nitrogen and oxygen atoms in total. The van der Waals surface area contributed by atoms with Crippen molar-refractivity contribution in [1.82, 2.24) is 4.98 Å². The fourth-order valence-electron chi connectivity index (χ4n) is 2.77. The molecule has 1 heterocycles. The molecule has 0 N–H and O–H groups in total. The minimum absolute atomic E-state index is 0.871. The van der Waals surface area contributed by atoms with E-state index >= 15 is 0 Å². The average Bonchev–Trinajstić information content (AvgIpc) is 2.52. The van der Waals surface area contributed by atoms with Gasteiger partial charge in [-0.15, -0.1) is 0 Å². The molecule has 23 heavy (non-hydrogen) atoms. The summed E-state index contributed by atoms with van der Waals surface area (Å²) < 4.78 is 5.37. The summed E-state index contributed by atoms with van der Waals surface area (Å²) in [6.07, 6.45) is 0. The Morgan fingerprint density at radius 2 is 1.70 bits per heavy atom. The number of ether oxygens (including phenoxy) is 1. The number of aryl methyl sites for hydroxylation is 1. The van der Waals surface area contributed by atoms with E-state index in [0.717, 1.165) is 22.5 Å². The lowest BCUT2D eigenvalue weighted by Crippen LogP contribution is -2.37. The van der Waals surface area contributed by atoms with Gasteiger partial charge in [0, 0.05) is 10.9 Å². The summed E-state index contributed by atoms with van der Waals surface area (Å²) in [5.41, 5.74) is 4.30. The van der Waals surface area contributed by atoms with Gasteiger partial charge in [-0.1, -0.05) is 43.0 Å². The molecule has 3 heteroatoms. The molecule has 0 bridgehead atoms. The summed E-state index contributed by atoms with van der Waals surface area (Å²) in [6.45, 7) is 9.19. The largest absolute Gasteiger partial charge is 0.497 e. The third kappa shape index (κ3) is 3.30. The summed E-state index contributed by atoms with van der Waals surface area (Å²) in [5, 5.41) is 2.69. The van der Waals surface area contributed by atoms with Crippen LogP contribution in [0.25, 0.3) is 22.2 Å². The van der Waals surface area contributed by atoms with E-state index in [4.69, 9.17) is 9.72 Å². The Morgan fingerprint density at radius 1 is 0.913 bits per heavy atom. The molecule has 2 aromatic carbocycles. The van der Waals surface area contributed by atoms with Gasteiger partial charge in [0.25, 0.3) is 0 Å². The van der Waals surface area contributed by atoms with Crippen LogP contribution in [0.2, 0.25) is 19.6 Å². The Morgan fingerprint density at radius 3 is 2.39 bits per heavy atom. The van der Waals surface area contributed by atoms with Crippen molar-refractivity contribution in [2.75, 3.05) is 7.11 Å². The van der Waals surface area contributed by atoms with E-state index in [2.05, 4.69) is 63.0 Å². The van der Waals surface area contributed by atoms with Gasteiger partial charge < -0.3 is 4.74 Å². The van der Waals surface area contributed by atoms with Crippen LogP contribution >= 0.6 is 0 Å². The second-order valence-corrected chi connectivity index (χ2v) is 12.2. The van der Waals surface area contributed by atoms with Gasteiger partial charge in [0.15, 0.2) is 0 Å². The average molecular weight is 321 g/mol. The van der Waals surface area contributed by atoms with Gasteiger partial charge >= 0.3 is 0 Å². The zero-order valence-corrected chi connectivity index (χ0v) is 15.5. The first-order valence-electron chi connectivity index (χ1n) is 7.94. The Bertz CT molecular complexity index is 865. The molecular weight excluding hydrogens is 298 g/mol. The van der Waals surface area contributed by atoms with Crippen LogP contribution in [-0.4, -0.2) is 20.2 Å². The number of pyridine rings is 1. The lowest BCUT2D eigenvalue weighted by Gasteiger charge is -2.17. The van der Waals surface area contributed by atoms with Gasteiger partial charge in [-0.25, -0.2) is 4.98 Å². The number of hydrogen-bond donors (Lipinski definition) is 0. The fourth-order valence-corrected chi connectivity index (χ4v) is 3.94. The number of nitrogens with zero attached hydrogens (tertiary/aromatic N) is 1. The molecule has 0 atom stereocenters. The van der Waals surface area contributed by atoms with E-state index in [9.17, 15) is 0 Å². The minimum Gasteiger partial charge on any atom is -0.497 e. The van der Waals surface area contributed by atoms with Crippen molar-refractivity contribution in [2.45, 2.75) is 26.6 Å². The minimum atomic E-state index is -1.29. The number of methoxy groups -OCH3 is 1. The number of hydrogen-bond acceptors (Lipinski definition) is 2. The molecule has 0 spiro atoms. The summed E-state index contributed by atoms with van der Waals surface area (Å²) in [5.74, 6) is 0.871. The van der Waals surface area contributed by atoms with E-state index in [1.54, 1.807) is 7.11 Å². The quantitative estimate of drug-likeness (QED) is 0.649. The van der Waals surface area contributed by atoms with E-state index in [1.807, 2.05) is 12.1 Å². The first-order chi connectivity index (χ1) is 10.9. The predicted octanol–water partition coefficient (Wildman–Crippen LogP) is 4.76. The van der Waals surface area contributed by atoms with Crippen LogP contribution in [0.3, 0.4) is 0 Å². The van der Waals surface area contributed by atoms with Crippen LogP contribution in [0.15, 0.2) is 48.5 Å². The van der Waals surface area contributed by atoms with Crippen molar-refractivity contribution < 1.29 is 4.74 Å². The standard InChI is InChI=1S/C20H23NOSi/c1-14-10-16(12-17(11-14)22-2)20-8-6-15-13-18(23(3,4)5)7-9-19(15)21-20/h6-13H,1-5H3. The molecule has 0 aliphatic rings. The van der Waals surface area contributed by atoms with Gasteiger partial charge in [0.2, 0.25) is 0 Å². The van der Waals surface area contributed by atoms with Crippen LogP contribution in [0.4, 0.5) is 0 Å². The van der Waals surface area contributed by atoms with Crippen molar-refractivity contribution in [3.8, 4) is 17.0 Å². The Hall–Kier alpha value is -2.13. The lowest BCUT2D eigenvalue weighted by molar-refractivity contribution is 0.414. The van der Waals surface area contributed by atoms with Crippen molar-refractivity contribution >= 4 is 24.2 Å². The highest BCUT2D eigenvalue weighted by atomic mass is 28.3. The first-order valence-corrected chi connectivity index (χ1v) is 11.4. The topological polar surface area (TPSA) is 22.1 Å². The number of fused-ring (bicyclic) bond motifs is 1. The van der Waals surface area contributed by atoms with Crippen LogP contribution in [0.1, 0.15) is 5.56 Å². The predicted molar refractivity (Wildman–Crippen MR) is 101 cm³/mol. The van der Waals surface area contributed by atoms with E-state index in [0.29, 0.717) is 0 Å². The molecule has 0 unspecified atom stereocenters. The Kier molecular flexibility index (Phi) is 3.98. The zero-order valence-electron chi connectivity index (χ0n) is 14.5. The fraction of sp³-hybridized carbons (Fsp3) is 0.250. The summed E-state index contributed by atoms with van der Waals surface area (Å²) in [4.78, 5) is 4.85. The Labute approximate surface area is 139 Å². The van der Waals surface area contributed by atoms with Crippen molar-refractivity contribution in [2.24, 2.45) is 0 Å². The smallest absolute Gasteiger partial charge is 0.119 e. The Balaban J connectivity index is 2.09. The van der Waals surface area contributed by atoms with Gasteiger partial charge in [0.05, 0.1) is 26.4 Å². The first kappa shape index (κ1) is 15.8. The van der Waals surface area contributed by atoms with Crippen molar-refractivity contribution in [3.05, 3.63) is 54.1 Å². The maximum Gasteiger partial charge on any atom is 0.119 e. The summed E-state index contributed by atoms with van der Waals surface area (Å²) in [6, 6.07) is 17.2. The molecule has 3 aromatic rings. The zero-order chi connectivity index (χ0) is 16.6. The number of aromatic nitrogens is 1. The molecule has 1 aromatic heterocycles. The molecule has 0 radical (unpaired) electrons. The summed E-state index contributed by atoms with van der Waals surface area (Å²) >= 11 is 0. The molecule has 0 aliphatic carbocycles. The van der Waals surface area contributed by atoms with Crippen LogP contribution < -0.4 is 9.92 Å². The molecule has 3 rings (SSSR count). The van der Waals surface area contributed by atoms with E-state index in [-0.39, 0.29) is 0 Å². The maximum atomic E-state index is 5.37. The normalized spacial score (nSPS) is 11.7. The molecule has 0 fully saturated rings. The number of benzene rings is 2. The van der Waals surface area contributed by atoms with Gasteiger partial charge in [-0.2, -0.15) is 0 Å².